The molecule has 2 aliphatic carbocycles. The van der Waals surface area contributed by atoms with Crippen molar-refractivity contribution in [2.75, 3.05) is 18.5 Å². The van der Waals surface area contributed by atoms with E-state index in [1.807, 2.05) is 24.6 Å². The van der Waals surface area contributed by atoms with Gasteiger partial charge in [0.2, 0.25) is 0 Å². The summed E-state index contributed by atoms with van der Waals surface area (Å²) in [6.07, 6.45) is 7.45. The number of nitrogens with one attached hydrogen (secondary N) is 1. The van der Waals surface area contributed by atoms with Crippen molar-refractivity contribution in [2.45, 2.75) is 109 Å². The molecule has 41 heavy (non-hydrogen) atoms. The Balaban J connectivity index is 1.20. The van der Waals surface area contributed by atoms with Crippen molar-refractivity contribution in [3.05, 3.63) is 40.8 Å². The van der Waals surface area contributed by atoms with Crippen LogP contribution in [0.1, 0.15) is 86.5 Å². The first-order chi connectivity index (χ1) is 19.8. The fourth-order valence-electron chi connectivity index (χ4n) is 6.59. The van der Waals surface area contributed by atoms with E-state index in [1.54, 1.807) is 0 Å². The van der Waals surface area contributed by atoms with E-state index in [-0.39, 0.29) is 25.1 Å². The first-order valence-electron chi connectivity index (χ1n) is 15.1. The van der Waals surface area contributed by atoms with Gasteiger partial charge in [-0.25, -0.2) is 9.78 Å². The van der Waals surface area contributed by atoms with E-state index >= 15 is 0 Å². The second-order valence-corrected chi connectivity index (χ2v) is 11.8. The van der Waals surface area contributed by atoms with Gasteiger partial charge in [0, 0.05) is 30.6 Å². The first kappa shape index (κ1) is 29.3. The van der Waals surface area contributed by atoms with Gasteiger partial charge < -0.3 is 25.1 Å². The number of pyridine rings is 1. The molecule has 0 radical (unpaired) electrons. The molecule has 3 N–H and O–H groups in total. The molecular weight excluding hydrogens is 526 g/mol. The number of carboxylic acids is 1. The number of aromatic nitrogens is 3. The maximum Gasteiger partial charge on any atom is 0.528 e. The number of carboxylic acid groups (broad SMARTS) is 1. The summed E-state index contributed by atoms with van der Waals surface area (Å²) >= 11 is 0. The molecule has 2 unspecified atom stereocenters. The number of aliphatic carboxylic acids is 1. The van der Waals surface area contributed by atoms with E-state index < -0.39 is 24.3 Å². The molecule has 0 saturated heterocycles. The number of fused-ring (bicyclic) bond motifs is 1. The van der Waals surface area contributed by atoms with Crippen molar-refractivity contribution < 1.29 is 29.4 Å². The quantitative estimate of drug-likeness (QED) is 0.264. The van der Waals surface area contributed by atoms with E-state index in [1.165, 1.54) is 10.6 Å². The highest BCUT2D eigenvalue weighted by Gasteiger charge is 2.43. The largest absolute Gasteiger partial charge is 0.528 e. The zero-order valence-corrected chi connectivity index (χ0v) is 24.1. The lowest BCUT2D eigenvalue weighted by Gasteiger charge is -2.43. The number of carbonyl (C=O) groups excluding carboxylic acids is 1. The molecule has 2 saturated carbocycles. The molecule has 1 aliphatic heterocycles. The zero-order valence-electron chi connectivity index (χ0n) is 24.1. The normalized spacial score (nSPS) is 24.6. The van der Waals surface area contributed by atoms with Gasteiger partial charge in [-0.2, -0.15) is 5.10 Å². The lowest BCUT2D eigenvalue weighted by Crippen LogP contribution is -2.54. The Morgan fingerprint density at radius 1 is 1.20 bits per heavy atom. The Morgan fingerprint density at radius 3 is 2.73 bits per heavy atom. The van der Waals surface area contributed by atoms with Crippen LogP contribution in [0.15, 0.2) is 18.2 Å². The number of rotatable bonds is 11. The fourth-order valence-corrected chi connectivity index (χ4v) is 6.59. The second-order valence-electron chi connectivity index (χ2n) is 11.8. The topological polar surface area (TPSA) is 139 Å². The minimum absolute atomic E-state index is 0.0480. The number of hydrogen-bond acceptors (Lipinski definition) is 9. The minimum atomic E-state index is -1.15. The van der Waals surface area contributed by atoms with Gasteiger partial charge in [0.1, 0.15) is 18.0 Å². The van der Waals surface area contributed by atoms with Gasteiger partial charge in [0.15, 0.2) is 0 Å². The number of nitrogens with zero attached hydrogens (tertiary/aromatic N) is 4. The van der Waals surface area contributed by atoms with Gasteiger partial charge in [-0.15, -0.1) is 5.06 Å². The summed E-state index contributed by atoms with van der Waals surface area (Å²) in [6.45, 7) is 4.55. The third-order valence-electron chi connectivity index (χ3n) is 8.78. The van der Waals surface area contributed by atoms with Crippen molar-refractivity contribution in [3.8, 4) is 0 Å². The van der Waals surface area contributed by atoms with Crippen molar-refractivity contribution in [2.24, 2.45) is 5.92 Å². The predicted octanol–water partition coefficient (Wildman–Crippen LogP) is 4.35. The number of ether oxygens (including phenoxy) is 1. The van der Waals surface area contributed by atoms with Crippen LogP contribution >= 0.6 is 0 Å². The van der Waals surface area contributed by atoms with Crippen LogP contribution in [0.4, 0.5) is 10.6 Å². The van der Waals surface area contributed by atoms with E-state index in [4.69, 9.17) is 14.6 Å². The molecule has 3 aliphatic rings. The average Bonchev–Trinajstić information content (AvgIpc) is 3.27. The van der Waals surface area contributed by atoms with Crippen molar-refractivity contribution in [1.29, 1.82) is 0 Å². The lowest BCUT2D eigenvalue weighted by molar-refractivity contribution is -0.217. The summed E-state index contributed by atoms with van der Waals surface area (Å²) in [5.41, 5.74) is 4.23. The van der Waals surface area contributed by atoms with Crippen molar-refractivity contribution >= 4 is 17.9 Å². The molecular formula is C30H43N5O6. The lowest BCUT2D eigenvalue weighted by atomic mass is 9.76. The predicted molar refractivity (Wildman–Crippen MR) is 151 cm³/mol. The SMILES string of the molecule is Cc1cc(C)n(C2CCCCC2OC(=O)ON(C2CC(CCc3ccc4c(n3)NCCC4)C2)[C@@H](CCO)C(=O)O)n1. The third-order valence-corrected chi connectivity index (χ3v) is 8.78. The molecule has 3 heterocycles. The van der Waals surface area contributed by atoms with E-state index in [9.17, 15) is 19.8 Å². The summed E-state index contributed by atoms with van der Waals surface area (Å²) in [6, 6.07) is 4.77. The Morgan fingerprint density at radius 2 is 2.00 bits per heavy atom. The summed E-state index contributed by atoms with van der Waals surface area (Å²) in [4.78, 5) is 35.7. The highest BCUT2D eigenvalue weighted by atomic mass is 16.8. The minimum Gasteiger partial charge on any atom is -0.480 e. The Bertz CT molecular complexity index is 1210. The van der Waals surface area contributed by atoms with Gasteiger partial charge in [-0.3, -0.25) is 9.48 Å². The monoisotopic (exact) mass is 569 g/mol. The molecule has 3 atom stereocenters. The number of aliphatic hydroxyl groups excluding tert-OH is 1. The van der Waals surface area contributed by atoms with E-state index in [2.05, 4.69) is 22.5 Å². The van der Waals surface area contributed by atoms with Crippen LogP contribution in [0, 0.1) is 19.8 Å². The Kier molecular flexibility index (Phi) is 9.44. The molecule has 11 nitrogen and oxygen atoms in total. The molecule has 0 bridgehead atoms. The van der Waals surface area contributed by atoms with E-state index in [0.29, 0.717) is 25.2 Å². The van der Waals surface area contributed by atoms with Crippen molar-refractivity contribution in [1.82, 2.24) is 19.8 Å². The van der Waals surface area contributed by atoms with Crippen LogP contribution in [-0.4, -0.2) is 73.5 Å². The molecule has 224 valence electrons. The van der Waals surface area contributed by atoms with Crippen LogP contribution in [-0.2, 0) is 27.2 Å². The summed E-state index contributed by atoms with van der Waals surface area (Å²) in [5.74, 6) is 0.217. The number of hydrogen-bond donors (Lipinski definition) is 3. The molecule has 5 rings (SSSR count). The number of aliphatic hydroxyl groups is 1. The third kappa shape index (κ3) is 7.01. The smallest absolute Gasteiger partial charge is 0.480 e. The van der Waals surface area contributed by atoms with Crippen LogP contribution in [0.2, 0.25) is 0 Å². The molecule has 2 aromatic rings. The second kappa shape index (κ2) is 13.2. The first-order valence-corrected chi connectivity index (χ1v) is 15.1. The number of anilines is 1. The summed E-state index contributed by atoms with van der Waals surface area (Å²) in [7, 11) is 0. The Hall–Kier alpha value is -3.18. The van der Waals surface area contributed by atoms with Gasteiger partial charge in [-0.05, 0) is 102 Å². The average molecular weight is 570 g/mol. The van der Waals surface area contributed by atoms with Gasteiger partial charge >= 0.3 is 12.1 Å². The van der Waals surface area contributed by atoms with Gasteiger partial charge in [-0.1, -0.05) is 12.5 Å². The Labute approximate surface area is 241 Å². The number of hydroxylamine groups is 2. The van der Waals surface area contributed by atoms with Gasteiger partial charge in [0.25, 0.3) is 0 Å². The van der Waals surface area contributed by atoms with Crippen molar-refractivity contribution in [3.63, 3.8) is 0 Å². The standard InChI is InChI=1S/C30H43N5O6/c1-19-16-20(2)34(33-19)25-7-3-4-8-27(25)40-30(39)41-35(26(13-15-36)29(37)38)24-17-21(18-24)9-11-23-12-10-22-6-5-14-31-28(22)32-23/h10,12,16,21,24-27,36H,3-9,11,13-15,17-18H2,1-2H3,(H,31,32)(H,37,38)/t21?,24?,25?,26-,27?/m0/s1. The molecule has 2 fully saturated rings. The highest BCUT2D eigenvalue weighted by molar-refractivity contribution is 5.73. The maximum atomic E-state index is 13.1. The number of carbonyl (C=O) groups is 2. The van der Waals surface area contributed by atoms with Crippen LogP contribution in [0.5, 0.6) is 0 Å². The highest BCUT2D eigenvalue weighted by Crippen LogP contribution is 2.38. The summed E-state index contributed by atoms with van der Waals surface area (Å²) in [5, 5.41) is 28.7. The van der Waals surface area contributed by atoms with Gasteiger partial charge in [0.05, 0.1) is 11.7 Å². The zero-order chi connectivity index (χ0) is 28.9. The summed E-state index contributed by atoms with van der Waals surface area (Å²) < 4.78 is 7.75. The van der Waals surface area contributed by atoms with Crippen LogP contribution in [0.25, 0.3) is 0 Å². The maximum absolute atomic E-state index is 13.1. The molecule has 11 heteroatoms. The molecule has 2 aromatic heterocycles. The number of aryl methyl sites for hydroxylation is 4. The molecule has 0 spiro atoms. The molecule has 0 amide bonds. The van der Waals surface area contributed by atoms with Crippen LogP contribution in [0.3, 0.4) is 0 Å². The fraction of sp³-hybridized carbons (Fsp3) is 0.667. The van der Waals surface area contributed by atoms with E-state index in [0.717, 1.165) is 74.4 Å². The van der Waals surface area contributed by atoms with Crippen LogP contribution < -0.4 is 5.32 Å². The molecule has 0 aromatic carbocycles.